The van der Waals surface area contributed by atoms with E-state index in [0.717, 1.165) is 55.1 Å². The van der Waals surface area contributed by atoms with Crippen LogP contribution in [0.4, 0.5) is 0 Å². The number of hydrazone groups is 1. The maximum absolute atomic E-state index is 6.68. The first-order valence-electron chi connectivity index (χ1n) is 10.4. The summed E-state index contributed by atoms with van der Waals surface area (Å²) in [6.07, 6.45) is 2.89. The normalized spacial score (nSPS) is 28.4. The Morgan fingerprint density at radius 2 is 1.89 bits per heavy atom. The van der Waals surface area contributed by atoms with E-state index in [9.17, 15) is 0 Å². The third-order valence-electron chi connectivity index (χ3n) is 6.56. The highest BCUT2D eigenvalue weighted by atomic mass is 16.5. The van der Waals surface area contributed by atoms with Crippen LogP contribution in [0.5, 0.6) is 11.5 Å². The van der Waals surface area contributed by atoms with Gasteiger partial charge in [0.1, 0.15) is 11.5 Å². The first kappa shape index (κ1) is 17.6. The number of fused-ring (bicyclic) bond motifs is 4. The maximum Gasteiger partial charge on any atom is 0.208 e. The minimum atomic E-state index is -0.332. The van der Waals surface area contributed by atoms with E-state index in [1.807, 2.05) is 12.1 Å². The second kappa shape index (κ2) is 6.82. The lowest BCUT2D eigenvalue weighted by Crippen LogP contribution is -3.13. The van der Waals surface area contributed by atoms with Gasteiger partial charge >= 0.3 is 0 Å². The van der Waals surface area contributed by atoms with Crippen LogP contribution in [0.2, 0.25) is 0 Å². The average molecular weight is 378 g/mol. The fraction of sp³-hybridized carbons (Fsp3) is 0.435. The van der Waals surface area contributed by atoms with Crippen molar-refractivity contribution in [2.45, 2.75) is 38.0 Å². The number of piperidine rings is 1. The van der Waals surface area contributed by atoms with Crippen molar-refractivity contribution in [3.05, 3.63) is 59.7 Å². The number of methoxy groups -OCH3 is 1. The molecule has 1 N–H and O–H groups in total. The van der Waals surface area contributed by atoms with Crippen molar-refractivity contribution in [1.29, 1.82) is 0 Å². The Labute approximate surface area is 166 Å². The molecule has 2 aromatic carbocycles. The number of likely N-dealkylation sites (tertiary alicyclic amines) is 1. The molecule has 5 rings (SSSR count). The van der Waals surface area contributed by atoms with Gasteiger partial charge in [0.2, 0.25) is 5.72 Å². The largest absolute Gasteiger partial charge is 0.496 e. The molecule has 5 nitrogen and oxygen atoms in total. The Bertz CT molecular complexity index is 902. The second-order valence-corrected chi connectivity index (χ2v) is 8.00. The van der Waals surface area contributed by atoms with Gasteiger partial charge in [-0.15, -0.1) is 0 Å². The summed E-state index contributed by atoms with van der Waals surface area (Å²) in [7, 11) is 1.73. The van der Waals surface area contributed by atoms with Gasteiger partial charge in [-0.05, 0) is 25.1 Å². The standard InChI is InChI=1S/C23H27N3O2/c1-3-25-14-12-23(13-15-25)26-20(18-9-5-7-11-22(18)28-23)16-19(24-26)17-8-4-6-10-21(17)27-2/h4-11,20H,3,12-16H2,1-2H3/p+1/t20-/m0/s1. The molecule has 0 aliphatic carbocycles. The number of hydrogen-bond donors (Lipinski definition) is 1. The molecule has 3 heterocycles. The number of rotatable bonds is 3. The van der Waals surface area contributed by atoms with Crippen molar-refractivity contribution < 1.29 is 14.4 Å². The molecule has 5 heteroatoms. The molecular formula is C23H28N3O2+. The summed E-state index contributed by atoms with van der Waals surface area (Å²) in [5.74, 6) is 1.91. The molecule has 3 aliphatic heterocycles. The molecular weight excluding hydrogens is 350 g/mol. The molecule has 1 saturated heterocycles. The van der Waals surface area contributed by atoms with Crippen molar-refractivity contribution in [1.82, 2.24) is 5.01 Å². The zero-order valence-electron chi connectivity index (χ0n) is 16.6. The molecule has 1 fully saturated rings. The van der Waals surface area contributed by atoms with Gasteiger partial charge in [-0.2, -0.15) is 5.10 Å². The van der Waals surface area contributed by atoms with Crippen molar-refractivity contribution in [2.75, 3.05) is 26.7 Å². The van der Waals surface area contributed by atoms with Gasteiger partial charge in [0.05, 0.1) is 51.3 Å². The van der Waals surface area contributed by atoms with E-state index in [2.05, 4.69) is 48.3 Å². The van der Waals surface area contributed by atoms with Crippen LogP contribution in [-0.2, 0) is 0 Å². The van der Waals surface area contributed by atoms with Crippen molar-refractivity contribution in [3.8, 4) is 11.5 Å². The minimum absolute atomic E-state index is 0.230. The number of benzene rings is 2. The lowest BCUT2D eigenvalue weighted by Gasteiger charge is -2.50. The Hall–Kier alpha value is -2.53. The third-order valence-corrected chi connectivity index (χ3v) is 6.56. The number of para-hydroxylation sites is 2. The summed E-state index contributed by atoms with van der Waals surface area (Å²) < 4.78 is 12.3. The molecule has 28 heavy (non-hydrogen) atoms. The number of nitrogens with one attached hydrogen (secondary N) is 1. The average Bonchev–Trinajstić information content (AvgIpc) is 3.21. The van der Waals surface area contributed by atoms with E-state index in [1.165, 1.54) is 12.1 Å². The van der Waals surface area contributed by atoms with E-state index in [0.29, 0.717) is 0 Å². The Morgan fingerprint density at radius 3 is 2.68 bits per heavy atom. The summed E-state index contributed by atoms with van der Waals surface area (Å²) in [6, 6.07) is 16.9. The quantitative estimate of drug-likeness (QED) is 0.892. The van der Waals surface area contributed by atoms with Crippen molar-refractivity contribution in [2.24, 2.45) is 5.10 Å². The zero-order chi connectivity index (χ0) is 19.1. The molecule has 2 aromatic rings. The lowest BCUT2D eigenvalue weighted by atomic mass is 9.90. The zero-order valence-corrected chi connectivity index (χ0v) is 16.6. The highest BCUT2D eigenvalue weighted by Gasteiger charge is 2.52. The van der Waals surface area contributed by atoms with Gasteiger partial charge in [0, 0.05) is 17.5 Å². The van der Waals surface area contributed by atoms with Crippen molar-refractivity contribution in [3.63, 3.8) is 0 Å². The Balaban J connectivity index is 1.57. The molecule has 3 aliphatic rings. The van der Waals surface area contributed by atoms with Gasteiger partial charge in [0.25, 0.3) is 0 Å². The van der Waals surface area contributed by atoms with E-state index in [-0.39, 0.29) is 11.8 Å². The molecule has 0 saturated carbocycles. The second-order valence-electron chi connectivity index (χ2n) is 8.00. The summed E-state index contributed by atoms with van der Waals surface area (Å²) in [6.45, 7) is 5.69. The molecule has 0 amide bonds. The van der Waals surface area contributed by atoms with E-state index in [4.69, 9.17) is 14.6 Å². The first-order valence-corrected chi connectivity index (χ1v) is 10.4. The Morgan fingerprint density at radius 1 is 1.14 bits per heavy atom. The highest BCUT2D eigenvalue weighted by Crippen LogP contribution is 2.49. The summed E-state index contributed by atoms with van der Waals surface area (Å²) in [5, 5.41) is 7.43. The van der Waals surface area contributed by atoms with Crippen LogP contribution in [-0.4, -0.2) is 43.2 Å². The predicted octanol–water partition coefficient (Wildman–Crippen LogP) is 2.63. The summed E-state index contributed by atoms with van der Waals surface area (Å²) in [5.41, 5.74) is 3.09. The van der Waals surface area contributed by atoms with Crippen LogP contribution in [0.3, 0.4) is 0 Å². The van der Waals surface area contributed by atoms with Crippen LogP contribution in [0.1, 0.15) is 43.4 Å². The maximum atomic E-state index is 6.68. The number of nitrogens with zero attached hydrogens (tertiary/aromatic N) is 2. The van der Waals surface area contributed by atoms with Crippen molar-refractivity contribution >= 4 is 5.71 Å². The monoisotopic (exact) mass is 378 g/mol. The van der Waals surface area contributed by atoms with Gasteiger partial charge in [-0.25, -0.2) is 5.01 Å². The number of quaternary nitrogens is 1. The number of hydrogen-bond acceptors (Lipinski definition) is 4. The van der Waals surface area contributed by atoms with Crippen LogP contribution < -0.4 is 14.4 Å². The highest BCUT2D eigenvalue weighted by molar-refractivity contribution is 6.04. The van der Waals surface area contributed by atoms with Crippen LogP contribution in [0, 0.1) is 0 Å². The van der Waals surface area contributed by atoms with Crippen LogP contribution in [0.25, 0.3) is 0 Å². The predicted molar refractivity (Wildman–Crippen MR) is 109 cm³/mol. The topological polar surface area (TPSA) is 38.5 Å². The van der Waals surface area contributed by atoms with Gasteiger partial charge in [-0.1, -0.05) is 30.3 Å². The van der Waals surface area contributed by atoms with Gasteiger partial charge in [0.15, 0.2) is 0 Å². The summed E-state index contributed by atoms with van der Waals surface area (Å²) in [4.78, 5) is 1.65. The molecule has 0 aromatic heterocycles. The molecule has 1 atom stereocenters. The third kappa shape index (κ3) is 2.68. The molecule has 0 radical (unpaired) electrons. The minimum Gasteiger partial charge on any atom is -0.496 e. The summed E-state index contributed by atoms with van der Waals surface area (Å²) >= 11 is 0. The SMILES string of the molecule is CC[NH+]1CCC2(CC1)Oc1ccccc1[C@@H]1CC(c3ccccc3OC)=NN12. The van der Waals surface area contributed by atoms with Crippen LogP contribution >= 0.6 is 0 Å². The van der Waals surface area contributed by atoms with E-state index >= 15 is 0 Å². The fourth-order valence-electron chi connectivity index (χ4n) is 4.95. The van der Waals surface area contributed by atoms with Gasteiger partial charge < -0.3 is 14.4 Å². The Kier molecular flexibility index (Phi) is 4.27. The number of ether oxygens (including phenoxy) is 2. The van der Waals surface area contributed by atoms with Crippen LogP contribution in [0.15, 0.2) is 53.6 Å². The van der Waals surface area contributed by atoms with Gasteiger partial charge in [-0.3, -0.25) is 0 Å². The van der Waals surface area contributed by atoms with E-state index in [1.54, 1.807) is 12.0 Å². The first-order chi connectivity index (χ1) is 13.7. The van der Waals surface area contributed by atoms with E-state index < -0.39 is 0 Å². The molecule has 0 bridgehead atoms. The molecule has 0 unspecified atom stereocenters. The smallest absolute Gasteiger partial charge is 0.208 e. The fourth-order valence-corrected chi connectivity index (χ4v) is 4.95. The lowest BCUT2D eigenvalue weighted by molar-refractivity contribution is -0.906. The molecule has 1 spiro atoms. The molecule has 146 valence electrons.